The summed E-state index contributed by atoms with van der Waals surface area (Å²) in [6.45, 7) is 2.77. The van der Waals surface area contributed by atoms with E-state index in [1.807, 2.05) is 31.3 Å². The van der Waals surface area contributed by atoms with Crippen LogP contribution in [0.3, 0.4) is 0 Å². The lowest BCUT2D eigenvalue weighted by Gasteiger charge is -2.17. The number of hydrazine groups is 1. The molecule has 1 aromatic carbocycles. The molecule has 3 N–H and O–H groups in total. The monoisotopic (exact) mass is 339 g/mol. The zero-order valence-corrected chi connectivity index (χ0v) is 13.1. The Hall–Kier alpha value is -1.44. The molecule has 2 aromatic rings. The van der Waals surface area contributed by atoms with E-state index in [1.54, 1.807) is 4.68 Å². The molecule has 1 aromatic heterocycles. The van der Waals surface area contributed by atoms with Crippen LogP contribution in [0.25, 0.3) is 0 Å². The molecule has 7 heteroatoms. The lowest BCUT2D eigenvalue weighted by atomic mass is 10.0. The van der Waals surface area contributed by atoms with E-state index in [2.05, 4.69) is 38.6 Å². The summed E-state index contributed by atoms with van der Waals surface area (Å²) >= 11 is 3.40. The van der Waals surface area contributed by atoms with Crippen LogP contribution in [-0.2, 0) is 7.05 Å². The molecule has 2 rings (SSSR count). The number of nitrogens with zero attached hydrogens (tertiary/aromatic N) is 3. The third kappa shape index (κ3) is 3.17. The van der Waals surface area contributed by atoms with Crippen molar-refractivity contribution in [3.8, 4) is 5.75 Å². The first-order valence-corrected chi connectivity index (χ1v) is 7.20. The molecule has 1 atom stereocenters. The Bertz CT molecular complexity index is 552. The van der Waals surface area contributed by atoms with Gasteiger partial charge in [0, 0.05) is 7.05 Å². The van der Waals surface area contributed by atoms with Gasteiger partial charge in [-0.1, -0.05) is 24.3 Å². The molecule has 6 nitrogen and oxygen atoms in total. The number of hydrogen-bond acceptors (Lipinski definition) is 5. The number of rotatable bonds is 6. The minimum Gasteiger partial charge on any atom is -0.494 e. The van der Waals surface area contributed by atoms with Crippen LogP contribution in [0.4, 0.5) is 0 Å². The maximum Gasteiger partial charge on any atom is 0.153 e. The Labute approximate surface area is 126 Å². The topological polar surface area (TPSA) is 78.0 Å². The van der Waals surface area contributed by atoms with Gasteiger partial charge in [-0.25, -0.2) is 10.1 Å². The zero-order valence-electron chi connectivity index (χ0n) is 11.5. The molecule has 20 heavy (non-hydrogen) atoms. The molecule has 0 aliphatic rings. The van der Waals surface area contributed by atoms with Gasteiger partial charge >= 0.3 is 0 Å². The molecule has 0 aliphatic carbocycles. The van der Waals surface area contributed by atoms with Gasteiger partial charge in [0.05, 0.1) is 18.3 Å². The molecular formula is C13H18BrN5O. The molecule has 0 saturated heterocycles. The quantitative estimate of drug-likeness (QED) is 0.621. The zero-order chi connectivity index (χ0) is 14.5. The highest BCUT2D eigenvalue weighted by molar-refractivity contribution is 9.10. The second-order valence-corrected chi connectivity index (χ2v) is 5.16. The van der Waals surface area contributed by atoms with Crippen LogP contribution in [0.1, 0.15) is 30.6 Å². The van der Waals surface area contributed by atoms with Crippen molar-refractivity contribution in [2.45, 2.75) is 19.4 Å². The van der Waals surface area contributed by atoms with Crippen molar-refractivity contribution < 1.29 is 4.74 Å². The van der Waals surface area contributed by atoms with Gasteiger partial charge in [0.2, 0.25) is 0 Å². The fourth-order valence-electron chi connectivity index (χ4n) is 1.98. The van der Waals surface area contributed by atoms with Crippen molar-refractivity contribution in [3.63, 3.8) is 0 Å². The largest absolute Gasteiger partial charge is 0.494 e. The van der Waals surface area contributed by atoms with Crippen LogP contribution < -0.4 is 16.0 Å². The van der Waals surface area contributed by atoms with Crippen molar-refractivity contribution in [2.24, 2.45) is 12.9 Å². The standard InChI is InChI=1S/C13H18BrN5O/c1-3-7-20-10-6-4-5-9(8-10)11(16-15)12-13(14)17-18-19(12)2/h4-6,8,11,16H,3,7,15H2,1-2H3. The van der Waals surface area contributed by atoms with Gasteiger partial charge in [-0.3, -0.25) is 5.84 Å². The maximum absolute atomic E-state index is 5.70. The summed E-state index contributed by atoms with van der Waals surface area (Å²) in [4.78, 5) is 0. The van der Waals surface area contributed by atoms with Crippen molar-refractivity contribution in [3.05, 3.63) is 40.1 Å². The molecule has 1 heterocycles. The van der Waals surface area contributed by atoms with Crippen LogP contribution in [0.15, 0.2) is 28.9 Å². The highest BCUT2D eigenvalue weighted by Crippen LogP contribution is 2.28. The highest BCUT2D eigenvalue weighted by atomic mass is 79.9. The summed E-state index contributed by atoms with van der Waals surface area (Å²) in [7, 11) is 1.83. The van der Waals surface area contributed by atoms with Gasteiger partial charge in [-0.2, -0.15) is 0 Å². The van der Waals surface area contributed by atoms with E-state index >= 15 is 0 Å². The Kier molecular flexibility index (Phi) is 5.11. The van der Waals surface area contributed by atoms with Crippen molar-refractivity contribution in [1.82, 2.24) is 20.4 Å². The predicted molar refractivity (Wildman–Crippen MR) is 80.1 cm³/mol. The van der Waals surface area contributed by atoms with Gasteiger partial charge in [0.1, 0.15) is 5.75 Å². The number of nitrogens with two attached hydrogens (primary N) is 1. The molecule has 0 fully saturated rings. The number of aromatic nitrogens is 3. The second-order valence-electron chi connectivity index (χ2n) is 4.41. The average molecular weight is 340 g/mol. The van der Waals surface area contributed by atoms with Crippen LogP contribution in [0.2, 0.25) is 0 Å². The third-order valence-corrected chi connectivity index (χ3v) is 3.50. The summed E-state index contributed by atoms with van der Waals surface area (Å²) in [5.41, 5.74) is 4.65. The second kappa shape index (κ2) is 6.83. The molecule has 0 aliphatic heterocycles. The smallest absolute Gasteiger partial charge is 0.153 e. The summed E-state index contributed by atoms with van der Waals surface area (Å²) in [6, 6.07) is 7.63. The Balaban J connectivity index is 2.32. The van der Waals surface area contributed by atoms with E-state index in [0.717, 1.165) is 23.4 Å². The molecular weight excluding hydrogens is 322 g/mol. The van der Waals surface area contributed by atoms with Crippen LogP contribution in [0.5, 0.6) is 5.75 Å². The van der Waals surface area contributed by atoms with Crippen LogP contribution in [-0.4, -0.2) is 21.6 Å². The first kappa shape index (κ1) is 15.0. The normalized spacial score (nSPS) is 12.4. The number of aryl methyl sites for hydroxylation is 1. The SMILES string of the molecule is CCCOc1cccc(C(NN)c2c(Br)nnn2C)c1. The lowest BCUT2D eigenvalue weighted by molar-refractivity contribution is 0.317. The van der Waals surface area contributed by atoms with Gasteiger partial charge in [-0.05, 0) is 40.0 Å². The number of halogens is 1. The molecule has 0 amide bonds. The van der Waals surface area contributed by atoms with Crippen LogP contribution in [0, 0.1) is 0 Å². The van der Waals surface area contributed by atoms with E-state index in [4.69, 9.17) is 10.6 Å². The average Bonchev–Trinajstić information content (AvgIpc) is 2.79. The van der Waals surface area contributed by atoms with Crippen molar-refractivity contribution >= 4 is 15.9 Å². The molecule has 0 radical (unpaired) electrons. The van der Waals surface area contributed by atoms with Gasteiger partial charge < -0.3 is 4.74 Å². The Morgan fingerprint density at radius 1 is 1.50 bits per heavy atom. The van der Waals surface area contributed by atoms with Gasteiger partial charge in [0.25, 0.3) is 0 Å². The molecule has 108 valence electrons. The number of hydrogen-bond donors (Lipinski definition) is 2. The minimum atomic E-state index is -0.213. The summed E-state index contributed by atoms with van der Waals surface area (Å²) < 4.78 is 8.01. The molecule has 0 saturated carbocycles. The van der Waals surface area contributed by atoms with Crippen molar-refractivity contribution in [2.75, 3.05) is 6.61 Å². The van der Waals surface area contributed by atoms with Crippen LogP contribution >= 0.6 is 15.9 Å². The first-order valence-electron chi connectivity index (χ1n) is 6.41. The van der Waals surface area contributed by atoms with E-state index in [9.17, 15) is 0 Å². The fourth-order valence-corrected chi connectivity index (χ4v) is 2.54. The summed E-state index contributed by atoms with van der Waals surface area (Å²) in [5.74, 6) is 6.53. The first-order chi connectivity index (χ1) is 9.67. The Morgan fingerprint density at radius 2 is 2.30 bits per heavy atom. The van der Waals surface area contributed by atoms with E-state index in [-0.39, 0.29) is 6.04 Å². The Morgan fingerprint density at radius 3 is 2.90 bits per heavy atom. The molecule has 1 unspecified atom stereocenters. The molecule has 0 spiro atoms. The lowest BCUT2D eigenvalue weighted by Crippen LogP contribution is -2.30. The van der Waals surface area contributed by atoms with Gasteiger partial charge in [-0.15, -0.1) is 5.10 Å². The maximum atomic E-state index is 5.70. The number of ether oxygens (including phenoxy) is 1. The van der Waals surface area contributed by atoms with Crippen molar-refractivity contribution in [1.29, 1.82) is 0 Å². The number of nitrogens with one attached hydrogen (secondary N) is 1. The summed E-state index contributed by atoms with van der Waals surface area (Å²) in [5, 5.41) is 7.96. The fraction of sp³-hybridized carbons (Fsp3) is 0.385. The summed E-state index contributed by atoms with van der Waals surface area (Å²) in [6.07, 6.45) is 0.972. The van der Waals surface area contributed by atoms with E-state index < -0.39 is 0 Å². The van der Waals surface area contributed by atoms with Gasteiger partial charge in [0.15, 0.2) is 4.60 Å². The molecule has 0 bridgehead atoms. The van der Waals surface area contributed by atoms with E-state index in [0.29, 0.717) is 11.2 Å². The highest BCUT2D eigenvalue weighted by Gasteiger charge is 2.21. The third-order valence-electron chi connectivity index (χ3n) is 2.93. The minimum absolute atomic E-state index is 0.213. The number of benzene rings is 1. The van der Waals surface area contributed by atoms with E-state index in [1.165, 1.54) is 0 Å². The predicted octanol–water partition coefficient (Wildman–Crippen LogP) is 1.92.